The third kappa shape index (κ3) is 2.67. The summed E-state index contributed by atoms with van der Waals surface area (Å²) in [5.74, 6) is -0.171. The Hall–Kier alpha value is -0.770. The Bertz CT molecular complexity index is 391. The molecular formula is C12H13BrF2O. The molecule has 0 aliphatic carbocycles. The number of ketones is 1. The first-order valence-corrected chi connectivity index (χ1v) is 5.95. The van der Waals surface area contributed by atoms with Gasteiger partial charge in [0.15, 0.2) is 0 Å². The summed E-state index contributed by atoms with van der Waals surface area (Å²) in [6, 6.07) is 4.95. The number of rotatable bonds is 4. The number of hydrogen-bond acceptors (Lipinski definition) is 1. The molecule has 0 bridgehead atoms. The van der Waals surface area contributed by atoms with Crippen molar-refractivity contribution in [3.63, 3.8) is 0 Å². The van der Waals surface area contributed by atoms with Crippen molar-refractivity contribution in [1.29, 1.82) is 0 Å². The van der Waals surface area contributed by atoms with Crippen molar-refractivity contribution in [2.75, 3.05) is 0 Å². The highest BCUT2D eigenvalue weighted by molar-refractivity contribution is 9.09. The van der Waals surface area contributed by atoms with E-state index >= 15 is 0 Å². The Labute approximate surface area is 102 Å². The van der Waals surface area contributed by atoms with Crippen LogP contribution in [0, 0.1) is 0 Å². The molecule has 0 aromatic heterocycles. The van der Waals surface area contributed by atoms with Gasteiger partial charge in [0.2, 0.25) is 0 Å². The van der Waals surface area contributed by atoms with Crippen molar-refractivity contribution >= 4 is 21.7 Å². The highest BCUT2D eigenvalue weighted by Crippen LogP contribution is 2.35. The van der Waals surface area contributed by atoms with Crippen LogP contribution >= 0.6 is 15.9 Å². The average Bonchev–Trinajstić information content (AvgIpc) is 2.26. The number of carbonyl (C=O) groups is 1. The number of benzene rings is 1. The molecular weight excluding hydrogens is 278 g/mol. The van der Waals surface area contributed by atoms with Crippen LogP contribution in [0.2, 0.25) is 0 Å². The third-order valence-corrected chi connectivity index (χ3v) is 3.60. The minimum Gasteiger partial charge on any atom is -0.298 e. The van der Waals surface area contributed by atoms with Crippen LogP contribution in [0.5, 0.6) is 0 Å². The molecule has 0 aliphatic rings. The predicted octanol–water partition coefficient (Wildman–Crippen LogP) is 4.21. The second-order valence-electron chi connectivity index (χ2n) is 3.55. The zero-order chi connectivity index (χ0) is 12.3. The first-order valence-electron chi connectivity index (χ1n) is 5.03. The maximum Gasteiger partial charge on any atom is 0.264 e. The van der Waals surface area contributed by atoms with Crippen LogP contribution in [-0.2, 0) is 11.2 Å². The summed E-state index contributed by atoms with van der Waals surface area (Å²) in [6.45, 7) is 3.20. The molecule has 0 heterocycles. The lowest BCUT2D eigenvalue weighted by Gasteiger charge is -2.15. The van der Waals surface area contributed by atoms with E-state index in [1.54, 1.807) is 18.2 Å². The van der Waals surface area contributed by atoms with E-state index in [0.29, 0.717) is 17.5 Å². The first kappa shape index (κ1) is 13.3. The van der Waals surface area contributed by atoms with Gasteiger partial charge in [0.05, 0.1) is 4.83 Å². The Morgan fingerprint density at radius 1 is 1.44 bits per heavy atom. The van der Waals surface area contributed by atoms with E-state index in [2.05, 4.69) is 15.9 Å². The Balaban J connectivity index is 3.32. The zero-order valence-electron chi connectivity index (χ0n) is 9.14. The van der Waals surface area contributed by atoms with Gasteiger partial charge in [-0.15, -0.1) is 0 Å². The number of alkyl halides is 3. The topological polar surface area (TPSA) is 17.1 Å². The molecule has 1 rings (SSSR count). The van der Waals surface area contributed by atoms with E-state index in [-0.39, 0.29) is 11.3 Å². The van der Waals surface area contributed by atoms with Gasteiger partial charge in [0.1, 0.15) is 5.78 Å². The third-order valence-electron chi connectivity index (χ3n) is 2.46. The summed E-state index contributed by atoms with van der Waals surface area (Å²) in [5, 5.41) is 0. The second-order valence-corrected chi connectivity index (χ2v) is 4.46. The van der Waals surface area contributed by atoms with Gasteiger partial charge in [-0.2, -0.15) is 0 Å². The Morgan fingerprint density at radius 2 is 2.06 bits per heavy atom. The van der Waals surface area contributed by atoms with Crippen LogP contribution in [0.25, 0.3) is 0 Å². The Kier molecular flexibility index (Phi) is 4.59. The minimum absolute atomic E-state index is 0.0120. The lowest BCUT2D eigenvalue weighted by Crippen LogP contribution is -2.07. The molecule has 0 amide bonds. The lowest BCUT2D eigenvalue weighted by molar-refractivity contribution is -0.116. The van der Waals surface area contributed by atoms with E-state index in [9.17, 15) is 13.6 Å². The minimum atomic E-state index is -2.55. The fourth-order valence-electron chi connectivity index (χ4n) is 1.65. The van der Waals surface area contributed by atoms with Gasteiger partial charge in [-0.1, -0.05) is 41.1 Å². The van der Waals surface area contributed by atoms with Crippen molar-refractivity contribution in [2.45, 2.75) is 31.5 Å². The fraction of sp³-hybridized carbons (Fsp3) is 0.417. The summed E-state index contributed by atoms with van der Waals surface area (Å²) in [7, 11) is 0. The maximum absolute atomic E-state index is 13.0. The molecule has 88 valence electrons. The zero-order valence-corrected chi connectivity index (χ0v) is 10.7. The second kappa shape index (κ2) is 5.53. The Morgan fingerprint density at radius 3 is 2.50 bits per heavy atom. The van der Waals surface area contributed by atoms with Gasteiger partial charge in [0.25, 0.3) is 6.43 Å². The standard InChI is InChI=1S/C12H13BrF2O/c1-3-8-5-4-6-9(10(8)12(14)15)11(13)7(2)16/h4-6,11-12H,3H2,1-2H3. The molecule has 1 aromatic rings. The quantitative estimate of drug-likeness (QED) is 0.759. The molecule has 1 unspecified atom stereocenters. The molecule has 0 radical (unpaired) electrons. The van der Waals surface area contributed by atoms with Crippen molar-refractivity contribution in [2.24, 2.45) is 0 Å². The molecule has 1 atom stereocenters. The molecule has 0 aliphatic heterocycles. The van der Waals surface area contributed by atoms with Gasteiger partial charge < -0.3 is 0 Å². The number of aryl methyl sites for hydroxylation is 1. The SMILES string of the molecule is CCc1cccc(C(Br)C(C)=O)c1C(F)F. The molecule has 0 saturated carbocycles. The van der Waals surface area contributed by atoms with Crippen LogP contribution in [0.4, 0.5) is 8.78 Å². The van der Waals surface area contributed by atoms with Crippen LogP contribution in [0.1, 0.15) is 41.8 Å². The first-order chi connectivity index (χ1) is 7.49. The van der Waals surface area contributed by atoms with Crippen molar-refractivity contribution < 1.29 is 13.6 Å². The molecule has 1 nitrogen and oxygen atoms in total. The van der Waals surface area contributed by atoms with E-state index in [1.165, 1.54) is 6.92 Å². The van der Waals surface area contributed by atoms with E-state index in [4.69, 9.17) is 0 Å². The largest absolute Gasteiger partial charge is 0.298 e. The van der Waals surface area contributed by atoms with Crippen molar-refractivity contribution in [3.8, 4) is 0 Å². The highest BCUT2D eigenvalue weighted by Gasteiger charge is 2.23. The number of hydrogen-bond donors (Lipinski definition) is 0. The van der Waals surface area contributed by atoms with Crippen molar-refractivity contribution in [3.05, 3.63) is 34.9 Å². The molecule has 0 saturated heterocycles. The molecule has 1 aromatic carbocycles. The van der Waals surface area contributed by atoms with Gasteiger partial charge >= 0.3 is 0 Å². The summed E-state index contributed by atoms with van der Waals surface area (Å²) < 4.78 is 25.9. The van der Waals surface area contributed by atoms with Crippen molar-refractivity contribution in [1.82, 2.24) is 0 Å². The maximum atomic E-state index is 13.0. The summed E-state index contributed by atoms with van der Waals surface area (Å²) in [5.41, 5.74) is 0.960. The normalized spacial score (nSPS) is 12.9. The van der Waals surface area contributed by atoms with Gasteiger partial charge in [-0.05, 0) is 24.5 Å². The number of carbonyl (C=O) groups excluding carboxylic acids is 1. The van der Waals surface area contributed by atoms with Crippen LogP contribution in [0.15, 0.2) is 18.2 Å². The molecule has 0 spiro atoms. The van der Waals surface area contributed by atoms with E-state index in [0.717, 1.165) is 0 Å². The lowest BCUT2D eigenvalue weighted by atomic mass is 9.96. The summed E-state index contributed by atoms with van der Waals surface area (Å²) >= 11 is 3.15. The molecule has 0 N–H and O–H groups in total. The van der Waals surface area contributed by atoms with E-state index in [1.807, 2.05) is 6.92 Å². The molecule has 4 heteroatoms. The van der Waals surface area contributed by atoms with Gasteiger partial charge in [0, 0.05) is 5.56 Å². The molecule has 16 heavy (non-hydrogen) atoms. The monoisotopic (exact) mass is 290 g/mol. The fourth-order valence-corrected chi connectivity index (χ4v) is 2.05. The molecule has 0 fully saturated rings. The number of halogens is 3. The van der Waals surface area contributed by atoms with Gasteiger partial charge in [-0.25, -0.2) is 8.78 Å². The average molecular weight is 291 g/mol. The highest BCUT2D eigenvalue weighted by atomic mass is 79.9. The summed E-state index contributed by atoms with van der Waals surface area (Å²) in [6.07, 6.45) is -2.02. The van der Waals surface area contributed by atoms with Crippen LogP contribution in [0.3, 0.4) is 0 Å². The summed E-state index contributed by atoms with van der Waals surface area (Å²) in [4.78, 5) is 10.6. The smallest absolute Gasteiger partial charge is 0.264 e. The predicted molar refractivity (Wildman–Crippen MR) is 63.1 cm³/mol. The number of Topliss-reactive ketones (excluding diaryl/α,β-unsaturated/α-hetero) is 1. The van der Waals surface area contributed by atoms with Gasteiger partial charge in [-0.3, -0.25) is 4.79 Å². The van der Waals surface area contributed by atoms with E-state index < -0.39 is 11.3 Å². The van der Waals surface area contributed by atoms with Crippen LogP contribution < -0.4 is 0 Å². The van der Waals surface area contributed by atoms with Crippen LogP contribution in [-0.4, -0.2) is 5.78 Å².